The Kier molecular flexibility index (Phi) is 5.29. The molecule has 1 saturated heterocycles. The summed E-state index contributed by atoms with van der Waals surface area (Å²) in [7, 11) is 0. The van der Waals surface area contributed by atoms with E-state index in [1.165, 1.54) is 0 Å². The van der Waals surface area contributed by atoms with Crippen molar-refractivity contribution in [2.45, 2.75) is 46.1 Å². The fourth-order valence-electron chi connectivity index (χ4n) is 2.88. The van der Waals surface area contributed by atoms with Crippen LogP contribution in [0.2, 0.25) is 0 Å². The standard InChI is InChI=1S/C18H25NO4/c1-11(2)15-6-5-12(3)9-16(15)23-13(4)17(20)19-8-7-14(10-19)18(21)22/h5-6,9,11,13-14H,7-8,10H2,1-4H3,(H,21,22). The van der Waals surface area contributed by atoms with Gasteiger partial charge in [-0.05, 0) is 43.4 Å². The van der Waals surface area contributed by atoms with Gasteiger partial charge in [0.15, 0.2) is 6.10 Å². The summed E-state index contributed by atoms with van der Waals surface area (Å²) in [6.07, 6.45) is -0.114. The third-order valence-corrected chi connectivity index (χ3v) is 4.29. The SMILES string of the molecule is Cc1ccc(C(C)C)c(OC(C)C(=O)N2CCC(C(=O)O)C2)c1. The number of aliphatic carboxylic acids is 1. The Balaban J connectivity index is 2.07. The van der Waals surface area contributed by atoms with Gasteiger partial charge in [-0.1, -0.05) is 26.0 Å². The topological polar surface area (TPSA) is 66.8 Å². The zero-order valence-electron chi connectivity index (χ0n) is 14.2. The van der Waals surface area contributed by atoms with Crippen LogP contribution in [0.1, 0.15) is 44.2 Å². The zero-order chi connectivity index (χ0) is 17.1. The number of carboxylic acids is 1. The molecule has 0 spiro atoms. The molecule has 0 bridgehead atoms. The van der Waals surface area contributed by atoms with E-state index in [-0.39, 0.29) is 12.5 Å². The van der Waals surface area contributed by atoms with E-state index in [0.717, 1.165) is 16.9 Å². The first-order chi connectivity index (χ1) is 10.8. The summed E-state index contributed by atoms with van der Waals surface area (Å²) < 4.78 is 5.92. The summed E-state index contributed by atoms with van der Waals surface area (Å²) in [5.74, 6) is -0.415. The van der Waals surface area contributed by atoms with Gasteiger partial charge in [0.2, 0.25) is 0 Å². The highest BCUT2D eigenvalue weighted by Crippen LogP contribution is 2.29. The quantitative estimate of drug-likeness (QED) is 0.906. The van der Waals surface area contributed by atoms with Gasteiger partial charge in [-0.25, -0.2) is 0 Å². The molecule has 23 heavy (non-hydrogen) atoms. The number of carboxylic acid groups (broad SMARTS) is 1. The molecule has 0 aliphatic carbocycles. The number of benzene rings is 1. The summed E-state index contributed by atoms with van der Waals surface area (Å²) in [4.78, 5) is 25.1. The van der Waals surface area contributed by atoms with Gasteiger partial charge in [0, 0.05) is 13.1 Å². The summed E-state index contributed by atoms with van der Waals surface area (Å²) >= 11 is 0. The molecule has 2 unspecified atom stereocenters. The van der Waals surface area contributed by atoms with Crippen LogP contribution in [0.5, 0.6) is 5.75 Å². The molecule has 0 aromatic heterocycles. The van der Waals surface area contributed by atoms with Crippen LogP contribution in [0.3, 0.4) is 0 Å². The van der Waals surface area contributed by atoms with E-state index in [2.05, 4.69) is 13.8 Å². The van der Waals surface area contributed by atoms with E-state index >= 15 is 0 Å². The lowest BCUT2D eigenvalue weighted by Gasteiger charge is -2.23. The molecule has 5 nitrogen and oxygen atoms in total. The summed E-state index contributed by atoms with van der Waals surface area (Å²) in [6, 6.07) is 6.01. The molecule has 2 rings (SSSR count). The minimum Gasteiger partial charge on any atom is -0.481 e. The van der Waals surface area contributed by atoms with Crippen LogP contribution in [0, 0.1) is 12.8 Å². The second-order valence-corrected chi connectivity index (χ2v) is 6.56. The average Bonchev–Trinajstić information content (AvgIpc) is 2.96. The number of hydrogen-bond acceptors (Lipinski definition) is 3. The minimum atomic E-state index is -0.838. The molecule has 1 amide bonds. The van der Waals surface area contributed by atoms with Gasteiger partial charge in [0.25, 0.3) is 5.91 Å². The summed E-state index contributed by atoms with van der Waals surface area (Å²) in [5.41, 5.74) is 2.15. The van der Waals surface area contributed by atoms with Crippen molar-refractivity contribution in [1.29, 1.82) is 0 Å². The summed E-state index contributed by atoms with van der Waals surface area (Å²) in [5, 5.41) is 9.05. The van der Waals surface area contributed by atoms with Crippen LogP contribution >= 0.6 is 0 Å². The first kappa shape index (κ1) is 17.3. The Labute approximate surface area is 137 Å². The number of likely N-dealkylation sites (tertiary alicyclic amines) is 1. The van der Waals surface area contributed by atoms with Crippen LogP contribution in [0.4, 0.5) is 0 Å². The van der Waals surface area contributed by atoms with Crippen molar-refractivity contribution in [3.05, 3.63) is 29.3 Å². The minimum absolute atomic E-state index is 0.148. The van der Waals surface area contributed by atoms with Crippen molar-refractivity contribution >= 4 is 11.9 Å². The van der Waals surface area contributed by atoms with E-state index in [1.807, 2.05) is 25.1 Å². The summed E-state index contributed by atoms with van der Waals surface area (Å²) in [6.45, 7) is 8.63. The lowest BCUT2D eigenvalue weighted by molar-refractivity contribution is -0.142. The fourth-order valence-corrected chi connectivity index (χ4v) is 2.88. The zero-order valence-corrected chi connectivity index (χ0v) is 14.2. The van der Waals surface area contributed by atoms with E-state index in [0.29, 0.717) is 18.9 Å². The fraction of sp³-hybridized carbons (Fsp3) is 0.556. The Morgan fingerprint density at radius 2 is 2.00 bits per heavy atom. The van der Waals surface area contributed by atoms with Crippen LogP contribution in [0.15, 0.2) is 18.2 Å². The van der Waals surface area contributed by atoms with Gasteiger partial charge < -0.3 is 14.7 Å². The van der Waals surface area contributed by atoms with Gasteiger partial charge in [-0.3, -0.25) is 9.59 Å². The van der Waals surface area contributed by atoms with Crippen molar-refractivity contribution in [2.24, 2.45) is 5.92 Å². The van der Waals surface area contributed by atoms with Crippen molar-refractivity contribution in [3.63, 3.8) is 0 Å². The smallest absolute Gasteiger partial charge is 0.308 e. The number of amides is 1. The van der Waals surface area contributed by atoms with Gasteiger partial charge in [-0.15, -0.1) is 0 Å². The van der Waals surface area contributed by atoms with Crippen molar-refractivity contribution in [1.82, 2.24) is 4.90 Å². The molecule has 2 atom stereocenters. The highest BCUT2D eigenvalue weighted by molar-refractivity contribution is 5.82. The van der Waals surface area contributed by atoms with Crippen molar-refractivity contribution in [3.8, 4) is 5.75 Å². The lowest BCUT2D eigenvalue weighted by atomic mass is 10.0. The molecule has 1 aliphatic heterocycles. The maximum absolute atomic E-state index is 12.5. The predicted octanol–water partition coefficient (Wildman–Crippen LogP) is 2.82. The number of rotatable bonds is 5. The Morgan fingerprint density at radius 3 is 2.57 bits per heavy atom. The van der Waals surface area contributed by atoms with E-state index in [4.69, 9.17) is 9.84 Å². The monoisotopic (exact) mass is 319 g/mol. The maximum Gasteiger partial charge on any atom is 0.308 e. The number of carbonyl (C=O) groups excluding carboxylic acids is 1. The molecule has 1 aromatic rings. The van der Waals surface area contributed by atoms with E-state index in [1.54, 1.807) is 11.8 Å². The third-order valence-electron chi connectivity index (χ3n) is 4.29. The van der Waals surface area contributed by atoms with Crippen molar-refractivity contribution in [2.75, 3.05) is 13.1 Å². The first-order valence-corrected chi connectivity index (χ1v) is 8.08. The van der Waals surface area contributed by atoms with Gasteiger partial charge in [0.1, 0.15) is 5.75 Å². The molecule has 1 heterocycles. The largest absolute Gasteiger partial charge is 0.481 e. The first-order valence-electron chi connectivity index (χ1n) is 8.08. The number of ether oxygens (including phenoxy) is 1. The maximum atomic E-state index is 12.5. The molecule has 1 aromatic carbocycles. The Bertz CT molecular complexity index is 597. The molecule has 0 saturated carbocycles. The molecule has 1 N–H and O–H groups in total. The van der Waals surface area contributed by atoms with Gasteiger partial charge in [0.05, 0.1) is 5.92 Å². The van der Waals surface area contributed by atoms with Gasteiger partial charge in [-0.2, -0.15) is 0 Å². The molecule has 5 heteroatoms. The normalized spacial score (nSPS) is 19.0. The Hall–Kier alpha value is -2.04. The molecule has 0 radical (unpaired) electrons. The van der Waals surface area contributed by atoms with Crippen LogP contribution < -0.4 is 4.74 Å². The molecule has 1 aliphatic rings. The van der Waals surface area contributed by atoms with Crippen LogP contribution in [0.25, 0.3) is 0 Å². The Morgan fingerprint density at radius 1 is 1.30 bits per heavy atom. The highest BCUT2D eigenvalue weighted by atomic mass is 16.5. The number of hydrogen-bond donors (Lipinski definition) is 1. The highest BCUT2D eigenvalue weighted by Gasteiger charge is 2.33. The van der Waals surface area contributed by atoms with Crippen molar-refractivity contribution < 1.29 is 19.4 Å². The average molecular weight is 319 g/mol. The van der Waals surface area contributed by atoms with E-state index < -0.39 is 18.0 Å². The number of carbonyl (C=O) groups is 2. The second-order valence-electron chi connectivity index (χ2n) is 6.56. The number of nitrogens with zero attached hydrogens (tertiary/aromatic N) is 1. The number of aryl methyl sites for hydroxylation is 1. The molecular weight excluding hydrogens is 294 g/mol. The van der Waals surface area contributed by atoms with Crippen LogP contribution in [-0.4, -0.2) is 41.1 Å². The molecule has 1 fully saturated rings. The third kappa shape index (κ3) is 4.03. The lowest BCUT2D eigenvalue weighted by Crippen LogP contribution is -2.39. The molecular formula is C18H25NO4. The second kappa shape index (κ2) is 7.02. The van der Waals surface area contributed by atoms with Gasteiger partial charge >= 0.3 is 5.97 Å². The molecule has 126 valence electrons. The predicted molar refractivity (Wildman–Crippen MR) is 87.7 cm³/mol. The van der Waals surface area contributed by atoms with Crippen LogP contribution in [-0.2, 0) is 9.59 Å². The van der Waals surface area contributed by atoms with E-state index in [9.17, 15) is 9.59 Å².